The molecule has 11 nitrogen and oxygen atoms in total. The first-order chi connectivity index (χ1) is 23.9. The fourth-order valence-corrected chi connectivity index (χ4v) is 8.36. The summed E-state index contributed by atoms with van der Waals surface area (Å²) in [7, 11) is 1.65. The van der Waals surface area contributed by atoms with Crippen LogP contribution in [-0.2, 0) is 13.1 Å². The third-order valence-electron chi connectivity index (χ3n) is 11.2. The molecule has 2 aliphatic carbocycles. The molecule has 2 aromatic carbocycles. The van der Waals surface area contributed by atoms with Crippen LogP contribution in [0.1, 0.15) is 52.1 Å². The number of nitriles is 1. The van der Waals surface area contributed by atoms with Gasteiger partial charge >= 0.3 is 0 Å². The van der Waals surface area contributed by atoms with E-state index >= 15 is 0 Å². The number of nitrogens with two attached hydrogens (primary N) is 1. The molecule has 4 fully saturated rings. The second-order valence-corrected chi connectivity index (χ2v) is 14.3. The molecule has 2 bridgehead atoms. The molecule has 2 unspecified atom stereocenters. The lowest BCUT2D eigenvalue weighted by molar-refractivity contribution is 0.0471. The van der Waals surface area contributed by atoms with Crippen molar-refractivity contribution in [1.82, 2.24) is 28.9 Å². The second kappa shape index (κ2) is 11.4. The van der Waals surface area contributed by atoms with E-state index < -0.39 is 0 Å². The first-order valence-corrected chi connectivity index (χ1v) is 17.3. The van der Waals surface area contributed by atoms with Crippen LogP contribution < -0.4 is 10.5 Å². The molecule has 5 heterocycles. The summed E-state index contributed by atoms with van der Waals surface area (Å²) in [6.07, 6.45) is 5.95. The van der Waals surface area contributed by atoms with Crippen molar-refractivity contribution in [2.45, 2.75) is 50.9 Å². The number of hydrogen-bond acceptors (Lipinski definition) is 7. The van der Waals surface area contributed by atoms with Gasteiger partial charge in [0.1, 0.15) is 23.0 Å². The van der Waals surface area contributed by atoms with Crippen molar-refractivity contribution in [2.24, 2.45) is 23.5 Å². The van der Waals surface area contributed by atoms with Crippen LogP contribution in [0.25, 0.3) is 33.5 Å². The van der Waals surface area contributed by atoms with Gasteiger partial charge in [-0.25, -0.2) is 9.97 Å². The van der Waals surface area contributed by atoms with Gasteiger partial charge in [0.05, 0.1) is 23.9 Å². The molecule has 4 aliphatic rings. The number of carbonyl (C=O) groups excluding carboxylic acids is 2. The third kappa shape index (κ3) is 4.96. The fourth-order valence-electron chi connectivity index (χ4n) is 8.36. The van der Waals surface area contributed by atoms with Gasteiger partial charge in [0.25, 0.3) is 11.8 Å². The molecular formula is C38H38N8O3. The smallest absolute Gasteiger partial charge is 0.255 e. The van der Waals surface area contributed by atoms with Gasteiger partial charge in [-0.3, -0.25) is 9.59 Å². The molecule has 0 spiro atoms. The summed E-state index contributed by atoms with van der Waals surface area (Å²) in [5, 5.41) is 10.3. The molecule has 3 aromatic heterocycles. The second-order valence-electron chi connectivity index (χ2n) is 14.3. The maximum atomic E-state index is 14.0. The molecule has 3 atom stereocenters. The van der Waals surface area contributed by atoms with Gasteiger partial charge in [-0.2, -0.15) is 5.26 Å². The van der Waals surface area contributed by atoms with Crippen LogP contribution in [0.4, 0.5) is 0 Å². The molecule has 9 rings (SSSR count). The normalized spacial score (nSPS) is 21.8. The minimum absolute atomic E-state index is 0.0211. The van der Waals surface area contributed by atoms with Gasteiger partial charge in [-0.05, 0) is 73.9 Å². The van der Waals surface area contributed by atoms with E-state index in [1.165, 1.54) is 24.6 Å². The number of para-hydroxylation sites is 1. The highest BCUT2D eigenvalue weighted by Crippen LogP contribution is 2.41. The Morgan fingerprint density at radius 1 is 0.939 bits per heavy atom. The SMILES string of the molecule is COc1cc(C(=O)N2CC3CCC2[C@@H]3N)cc2nc(-c3cc4ccccc4n3CC3CC3)n(CC3CN(C(=O)c4ccc(C#N)nc4)C3)c12. The Morgan fingerprint density at radius 2 is 1.76 bits per heavy atom. The van der Waals surface area contributed by atoms with E-state index in [9.17, 15) is 9.59 Å². The quantitative estimate of drug-likeness (QED) is 0.257. The van der Waals surface area contributed by atoms with Crippen molar-refractivity contribution in [2.75, 3.05) is 26.7 Å². The van der Waals surface area contributed by atoms with Gasteiger partial charge in [-0.15, -0.1) is 0 Å². The van der Waals surface area contributed by atoms with Gasteiger partial charge < -0.3 is 29.4 Å². The summed E-state index contributed by atoms with van der Waals surface area (Å²) in [4.78, 5) is 40.3. The van der Waals surface area contributed by atoms with Crippen LogP contribution in [-0.4, -0.2) is 79.5 Å². The van der Waals surface area contributed by atoms with E-state index in [2.05, 4.69) is 44.5 Å². The number of carbonyl (C=O) groups is 2. The highest BCUT2D eigenvalue weighted by molar-refractivity contribution is 6.01. The van der Waals surface area contributed by atoms with E-state index in [1.807, 2.05) is 28.0 Å². The van der Waals surface area contributed by atoms with Crippen molar-refractivity contribution in [1.29, 1.82) is 5.26 Å². The summed E-state index contributed by atoms with van der Waals surface area (Å²) < 4.78 is 10.7. The van der Waals surface area contributed by atoms with E-state index in [0.717, 1.165) is 41.8 Å². The topological polar surface area (TPSA) is 135 Å². The summed E-state index contributed by atoms with van der Waals surface area (Å²) >= 11 is 0. The lowest BCUT2D eigenvalue weighted by Gasteiger charge is -2.39. The Morgan fingerprint density at radius 3 is 2.45 bits per heavy atom. The standard InChI is InChI=1S/C38H38N8O3/c1-49-33-14-27(38(48)45-21-26-9-11-31(45)34(26)40)12-29-35(33)46(20-23-17-43(18-23)37(47)25-8-10-28(15-39)41-16-25)36(42-29)32-13-24-4-2-3-5-30(24)44(32)19-22-6-7-22/h2-5,8,10,12-14,16,22-23,26,31,34H,6-7,9,11,17-21,40H2,1H3/t26?,31?,34-/m1/s1. The van der Waals surface area contributed by atoms with Gasteiger partial charge in [0, 0.05) is 73.4 Å². The van der Waals surface area contributed by atoms with Crippen LogP contribution >= 0.6 is 0 Å². The third-order valence-corrected chi connectivity index (χ3v) is 11.2. The van der Waals surface area contributed by atoms with Crippen LogP contribution in [0.2, 0.25) is 0 Å². The highest BCUT2D eigenvalue weighted by Gasteiger charge is 2.47. The zero-order chi connectivity index (χ0) is 33.4. The van der Waals surface area contributed by atoms with Gasteiger partial charge in [-0.1, -0.05) is 18.2 Å². The molecule has 248 valence electrons. The first kappa shape index (κ1) is 29.9. The average Bonchev–Trinajstić information content (AvgIpc) is 3.47. The summed E-state index contributed by atoms with van der Waals surface area (Å²) in [6, 6.07) is 19.8. The number of piperidine rings is 1. The summed E-state index contributed by atoms with van der Waals surface area (Å²) in [5.74, 6) is 2.52. The lowest BCUT2D eigenvalue weighted by atomic mass is 9.98. The Labute approximate surface area is 283 Å². The maximum Gasteiger partial charge on any atom is 0.255 e. The Kier molecular flexibility index (Phi) is 6.98. The average molecular weight is 655 g/mol. The molecular weight excluding hydrogens is 616 g/mol. The number of rotatable bonds is 8. The number of nitrogens with zero attached hydrogens (tertiary/aromatic N) is 7. The predicted octanol–water partition coefficient (Wildman–Crippen LogP) is 4.68. The Hall–Kier alpha value is -5.21. The molecule has 2 saturated heterocycles. The van der Waals surface area contributed by atoms with Gasteiger partial charge in [0.15, 0.2) is 5.82 Å². The van der Waals surface area contributed by atoms with E-state index in [4.69, 9.17) is 20.7 Å². The van der Waals surface area contributed by atoms with Crippen LogP contribution in [0, 0.1) is 29.1 Å². The molecule has 0 radical (unpaired) electrons. The number of ether oxygens (including phenoxy) is 1. The molecule has 2 saturated carbocycles. The molecule has 11 heteroatoms. The monoisotopic (exact) mass is 654 g/mol. The number of amides is 2. The fraction of sp³-hybridized carbons (Fsp3) is 0.395. The number of imidazole rings is 1. The molecule has 5 aromatic rings. The minimum Gasteiger partial charge on any atom is -0.494 e. The Bertz CT molecular complexity index is 2170. The molecule has 2 aliphatic heterocycles. The lowest BCUT2D eigenvalue weighted by Crippen LogP contribution is -2.51. The number of methoxy groups -OCH3 is 1. The van der Waals surface area contributed by atoms with Crippen molar-refractivity contribution in [3.63, 3.8) is 0 Å². The number of pyridine rings is 1. The first-order valence-electron chi connectivity index (χ1n) is 17.3. The largest absolute Gasteiger partial charge is 0.494 e. The predicted molar refractivity (Wildman–Crippen MR) is 184 cm³/mol. The van der Waals surface area contributed by atoms with Crippen molar-refractivity contribution < 1.29 is 14.3 Å². The molecule has 2 amide bonds. The van der Waals surface area contributed by atoms with Crippen molar-refractivity contribution in [3.8, 4) is 23.3 Å². The van der Waals surface area contributed by atoms with Crippen LogP contribution in [0.5, 0.6) is 5.75 Å². The summed E-state index contributed by atoms with van der Waals surface area (Å²) in [5.41, 5.74) is 11.6. The number of fused-ring (bicyclic) bond motifs is 4. The number of hydrogen-bond donors (Lipinski definition) is 1. The Balaban J connectivity index is 1.10. The van der Waals surface area contributed by atoms with E-state index in [1.54, 1.807) is 19.2 Å². The van der Waals surface area contributed by atoms with E-state index in [-0.39, 0.29) is 35.5 Å². The minimum atomic E-state index is -0.0930. The van der Waals surface area contributed by atoms with Crippen LogP contribution in [0.15, 0.2) is 60.8 Å². The maximum absolute atomic E-state index is 14.0. The highest BCUT2D eigenvalue weighted by atomic mass is 16.5. The van der Waals surface area contributed by atoms with Gasteiger partial charge in [0.2, 0.25) is 0 Å². The number of benzene rings is 2. The zero-order valence-electron chi connectivity index (χ0n) is 27.5. The number of likely N-dealkylation sites (tertiary alicyclic amines) is 2. The summed E-state index contributed by atoms with van der Waals surface area (Å²) in [6.45, 7) is 3.41. The van der Waals surface area contributed by atoms with Crippen molar-refractivity contribution in [3.05, 3.63) is 77.6 Å². The zero-order valence-corrected chi connectivity index (χ0v) is 27.5. The van der Waals surface area contributed by atoms with Crippen LogP contribution in [0.3, 0.4) is 0 Å². The van der Waals surface area contributed by atoms with Crippen molar-refractivity contribution >= 4 is 33.8 Å². The van der Waals surface area contributed by atoms with E-state index in [0.29, 0.717) is 60.4 Å². The number of aromatic nitrogens is 4. The molecule has 2 N–H and O–H groups in total. The molecule has 49 heavy (non-hydrogen) atoms.